The fourth-order valence-electron chi connectivity index (χ4n) is 3.36. The van der Waals surface area contributed by atoms with E-state index in [1.54, 1.807) is 12.1 Å². The summed E-state index contributed by atoms with van der Waals surface area (Å²) in [6.45, 7) is 0.960. The number of piperidine rings is 1. The number of rotatable bonds is 4. The van der Waals surface area contributed by atoms with Gasteiger partial charge < -0.3 is 15.4 Å². The van der Waals surface area contributed by atoms with Crippen LogP contribution >= 0.6 is 0 Å². The molecular weight excluding hydrogens is 358 g/mol. The summed E-state index contributed by atoms with van der Waals surface area (Å²) in [6.07, 6.45) is 2.40. The van der Waals surface area contributed by atoms with Crippen molar-refractivity contribution in [3.05, 3.63) is 29.8 Å². The van der Waals surface area contributed by atoms with Crippen LogP contribution in [-0.4, -0.2) is 56.0 Å². The van der Waals surface area contributed by atoms with Gasteiger partial charge in [0.05, 0.1) is 11.4 Å². The molecule has 1 aromatic rings. The molecule has 9 heteroatoms. The number of ether oxygens (including phenoxy) is 1. The van der Waals surface area contributed by atoms with Crippen LogP contribution in [0.1, 0.15) is 36.0 Å². The topological polar surface area (TPSA) is 105 Å². The van der Waals surface area contributed by atoms with Gasteiger partial charge >= 0.3 is 6.09 Å². The second kappa shape index (κ2) is 6.24. The van der Waals surface area contributed by atoms with Gasteiger partial charge in [-0.25, -0.2) is 13.2 Å². The van der Waals surface area contributed by atoms with E-state index in [4.69, 9.17) is 4.74 Å². The predicted octanol–water partition coefficient (Wildman–Crippen LogP) is 0.842. The van der Waals surface area contributed by atoms with E-state index in [0.29, 0.717) is 24.9 Å². The van der Waals surface area contributed by atoms with Crippen LogP contribution in [0.4, 0.5) is 4.79 Å². The monoisotopic (exact) mass is 379 g/mol. The highest BCUT2D eigenvalue weighted by Gasteiger charge is 2.45. The highest BCUT2D eigenvalue weighted by atomic mass is 32.2. The molecule has 2 N–H and O–H groups in total. The lowest BCUT2D eigenvalue weighted by Crippen LogP contribution is -2.48. The third-order valence-electron chi connectivity index (χ3n) is 5.14. The minimum absolute atomic E-state index is 0.110. The average Bonchev–Trinajstić information content (AvgIpc) is 3.38. The van der Waals surface area contributed by atoms with E-state index in [0.717, 1.165) is 12.8 Å². The van der Waals surface area contributed by atoms with E-state index in [1.807, 2.05) is 0 Å². The Balaban J connectivity index is 1.48. The summed E-state index contributed by atoms with van der Waals surface area (Å²) in [7, 11) is -3.70. The molecule has 1 spiro atoms. The maximum atomic E-state index is 12.9. The normalized spacial score (nSPS) is 22.7. The van der Waals surface area contributed by atoms with Gasteiger partial charge in [-0.15, -0.1) is 0 Å². The number of sulfonamides is 1. The van der Waals surface area contributed by atoms with Gasteiger partial charge in [-0.05, 0) is 31.0 Å². The van der Waals surface area contributed by atoms with Gasteiger partial charge in [0, 0.05) is 37.5 Å². The first-order valence-corrected chi connectivity index (χ1v) is 10.2. The summed E-state index contributed by atoms with van der Waals surface area (Å²) in [6, 6.07) is 6.34. The molecule has 4 rings (SSSR count). The number of hydrogen-bond donors (Lipinski definition) is 2. The molecule has 0 radical (unpaired) electrons. The molecule has 26 heavy (non-hydrogen) atoms. The first kappa shape index (κ1) is 17.3. The molecule has 3 aliphatic rings. The SMILES string of the molecule is O=C1NCC2(CCN(S(=O)(=O)c3cccc(C(=O)NC4CC4)c3)CC2)O1. The lowest BCUT2D eigenvalue weighted by Gasteiger charge is -2.36. The number of amides is 2. The Kier molecular flexibility index (Phi) is 4.15. The van der Waals surface area contributed by atoms with E-state index >= 15 is 0 Å². The van der Waals surface area contributed by atoms with Crippen molar-refractivity contribution in [3.63, 3.8) is 0 Å². The first-order chi connectivity index (χ1) is 12.4. The molecule has 0 bridgehead atoms. The van der Waals surface area contributed by atoms with Gasteiger partial charge in [-0.2, -0.15) is 4.31 Å². The van der Waals surface area contributed by atoms with Crippen molar-refractivity contribution in [2.45, 2.75) is 42.2 Å². The van der Waals surface area contributed by atoms with Gasteiger partial charge in [-0.3, -0.25) is 4.79 Å². The summed E-state index contributed by atoms with van der Waals surface area (Å²) in [5.41, 5.74) is -0.255. The van der Waals surface area contributed by atoms with Crippen molar-refractivity contribution in [2.75, 3.05) is 19.6 Å². The molecular formula is C17H21N3O5S. The van der Waals surface area contributed by atoms with Crippen molar-refractivity contribution < 1.29 is 22.7 Å². The Hall–Kier alpha value is -2.13. The van der Waals surface area contributed by atoms with Crippen LogP contribution in [-0.2, 0) is 14.8 Å². The Morgan fingerprint density at radius 1 is 1.27 bits per heavy atom. The number of nitrogens with zero attached hydrogens (tertiary/aromatic N) is 1. The standard InChI is InChI=1S/C17H21N3O5S/c21-15(19-13-4-5-13)12-2-1-3-14(10-12)26(23,24)20-8-6-17(7-9-20)11-18-16(22)25-17/h1-3,10,13H,4-9,11H2,(H,18,22)(H,19,21). The van der Waals surface area contributed by atoms with E-state index < -0.39 is 21.7 Å². The van der Waals surface area contributed by atoms with Crippen molar-refractivity contribution in [2.24, 2.45) is 0 Å². The Morgan fingerprint density at radius 2 is 2.00 bits per heavy atom. The lowest BCUT2D eigenvalue weighted by atomic mass is 9.93. The molecule has 0 aromatic heterocycles. The summed E-state index contributed by atoms with van der Waals surface area (Å²) in [4.78, 5) is 23.6. The summed E-state index contributed by atoms with van der Waals surface area (Å²) >= 11 is 0. The Labute approximate surface area is 151 Å². The average molecular weight is 379 g/mol. The zero-order chi connectivity index (χ0) is 18.4. The molecule has 2 saturated heterocycles. The lowest BCUT2D eigenvalue weighted by molar-refractivity contribution is 0.0173. The Morgan fingerprint density at radius 3 is 2.62 bits per heavy atom. The summed E-state index contributed by atoms with van der Waals surface area (Å²) < 4.78 is 32.6. The maximum absolute atomic E-state index is 12.9. The molecule has 2 amide bonds. The molecule has 140 valence electrons. The highest BCUT2D eigenvalue weighted by molar-refractivity contribution is 7.89. The van der Waals surface area contributed by atoms with Crippen LogP contribution in [0.5, 0.6) is 0 Å². The summed E-state index contributed by atoms with van der Waals surface area (Å²) in [5.74, 6) is -0.244. The van der Waals surface area contributed by atoms with Crippen molar-refractivity contribution in [1.29, 1.82) is 0 Å². The van der Waals surface area contributed by atoms with Crippen molar-refractivity contribution in [3.8, 4) is 0 Å². The second-order valence-electron chi connectivity index (χ2n) is 7.11. The van der Waals surface area contributed by atoms with Crippen LogP contribution in [0.15, 0.2) is 29.2 Å². The highest BCUT2D eigenvalue weighted by Crippen LogP contribution is 2.32. The number of nitrogens with one attached hydrogen (secondary N) is 2. The van der Waals surface area contributed by atoms with Crippen LogP contribution in [0.25, 0.3) is 0 Å². The molecule has 1 aliphatic carbocycles. The second-order valence-corrected chi connectivity index (χ2v) is 9.04. The number of alkyl carbamates (subject to hydrolysis) is 1. The van der Waals surface area contributed by atoms with Crippen LogP contribution in [0.3, 0.4) is 0 Å². The minimum Gasteiger partial charge on any atom is -0.441 e. The molecule has 0 unspecified atom stereocenters. The predicted molar refractivity (Wildman–Crippen MR) is 92.1 cm³/mol. The molecule has 1 saturated carbocycles. The number of benzene rings is 1. The van der Waals surface area contributed by atoms with E-state index in [-0.39, 0.29) is 29.9 Å². The fraction of sp³-hybridized carbons (Fsp3) is 0.529. The van der Waals surface area contributed by atoms with Gasteiger partial charge in [-0.1, -0.05) is 6.07 Å². The molecule has 2 heterocycles. The van der Waals surface area contributed by atoms with Crippen molar-refractivity contribution in [1.82, 2.24) is 14.9 Å². The smallest absolute Gasteiger partial charge is 0.407 e. The molecule has 8 nitrogen and oxygen atoms in total. The van der Waals surface area contributed by atoms with Gasteiger partial charge in [0.2, 0.25) is 10.0 Å². The van der Waals surface area contributed by atoms with Crippen LogP contribution < -0.4 is 10.6 Å². The minimum atomic E-state index is -3.70. The van der Waals surface area contributed by atoms with E-state index in [2.05, 4.69) is 10.6 Å². The first-order valence-electron chi connectivity index (χ1n) is 8.76. The number of carbonyl (C=O) groups excluding carboxylic acids is 2. The van der Waals surface area contributed by atoms with Crippen LogP contribution in [0.2, 0.25) is 0 Å². The van der Waals surface area contributed by atoms with Gasteiger partial charge in [0.15, 0.2) is 0 Å². The number of hydrogen-bond acceptors (Lipinski definition) is 5. The Bertz CT molecular complexity index is 842. The van der Waals surface area contributed by atoms with Gasteiger partial charge in [0.1, 0.15) is 5.60 Å². The molecule has 3 fully saturated rings. The molecule has 2 aliphatic heterocycles. The zero-order valence-electron chi connectivity index (χ0n) is 14.2. The summed E-state index contributed by atoms with van der Waals surface area (Å²) in [5, 5.41) is 5.49. The quantitative estimate of drug-likeness (QED) is 0.807. The van der Waals surface area contributed by atoms with E-state index in [1.165, 1.54) is 16.4 Å². The zero-order valence-corrected chi connectivity index (χ0v) is 15.0. The van der Waals surface area contributed by atoms with Gasteiger partial charge in [0.25, 0.3) is 5.91 Å². The third-order valence-corrected chi connectivity index (χ3v) is 7.04. The third kappa shape index (κ3) is 3.28. The maximum Gasteiger partial charge on any atom is 0.407 e. The number of carbonyl (C=O) groups is 2. The van der Waals surface area contributed by atoms with E-state index in [9.17, 15) is 18.0 Å². The molecule has 0 atom stereocenters. The molecule has 1 aromatic carbocycles. The van der Waals surface area contributed by atoms with Crippen LogP contribution in [0, 0.1) is 0 Å². The van der Waals surface area contributed by atoms with Crippen molar-refractivity contribution >= 4 is 22.0 Å². The largest absolute Gasteiger partial charge is 0.441 e. The fourth-order valence-corrected chi connectivity index (χ4v) is 4.85.